The summed E-state index contributed by atoms with van der Waals surface area (Å²) < 4.78 is 87.8. The minimum absolute atomic E-state index is 0. The van der Waals surface area contributed by atoms with Crippen LogP contribution in [0.5, 0.6) is 23.0 Å². The van der Waals surface area contributed by atoms with Crippen molar-refractivity contribution in [2.24, 2.45) is 61.4 Å². The van der Waals surface area contributed by atoms with Crippen molar-refractivity contribution < 1.29 is 63.8 Å². The second-order valence-electron chi connectivity index (χ2n) is 22.2. The third-order valence-electron chi connectivity index (χ3n) is 14.2. The van der Waals surface area contributed by atoms with E-state index < -0.39 is 17.9 Å². The number of carbonyl (C=O) groups is 3. The molecule has 0 spiro atoms. The van der Waals surface area contributed by atoms with E-state index in [2.05, 4.69) is 88.0 Å². The molecule has 0 radical (unpaired) electrons. The molecular weight excluding hydrogens is 1260 g/mol. The third-order valence-corrected chi connectivity index (χ3v) is 14.2. The number of benzene rings is 8. The van der Waals surface area contributed by atoms with Gasteiger partial charge >= 0.3 is 17.9 Å². The zero-order valence-electron chi connectivity index (χ0n) is 66.9. The maximum atomic E-state index is 11.0. The van der Waals surface area contributed by atoms with Crippen LogP contribution in [-0.2, 0) is 28.6 Å². The van der Waals surface area contributed by atoms with E-state index in [1.54, 1.807) is 0 Å². The molecule has 0 amide bonds. The molecule has 528 valence electrons. The Labute approximate surface area is 601 Å². The zero-order valence-corrected chi connectivity index (χ0v) is 56.9. The Kier molecular flexibility index (Phi) is 30.1. The molecular formula is C78H96N12O10. The normalized spacial score (nSPS) is 11.7. The highest BCUT2D eigenvalue weighted by molar-refractivity contribution is 5.82. The van der Waals surface area contributed by atoms with Gasteiger partial charge in [0.25, 0.3) is 0 Å². The van der Waals surface area contributed by atoms with Crippen LogP contribution < -0.4 is 18.9 Å². The van der Waals surface area contributed by atoms with Crippen molar-refractivity contribution >= 4 is 86.2 Å². The van der Waals surface area contributed by atoms with Crippen molar-refractivity contribution in [2.45, 2.75) is 91.4 Å². The minimum Gasteiger partial charge on any atom is -0.494 e. The Morgan fingerprint density at radius 3 is 0.760 bits per heavy atom. The van der Waals surface area contributed by atoms with Crippen molar-refractivity contribution in [1.29, 1.82) is 0 Å². The second kappa shape index (κ2) is 44.1. The van der Waals surface area contributed by atoms with Crippen molar-refractivity contribution in [1.82, 2.24) is 0 Å². The lowest BCUT2D eigenvalue weighted by atomic mass is 10.2. The maximum Gasteiger partial charge on any atom is 0.330 e. The van der Waals surface area contributed by atoms with Crippen LogP contribution >= 0.6 is 0 Å². The first-order chi connectivity index (χ1) is 53.9. The summed E-state index contributed by atoms with van der Waals surface area (Å²) in [6, 6.07) is 55.7. The fourth-order valence-corrected chi connectivity index (χ4v) is 8.69. The molecule has 0 aliphatic rings. The van der Waals surface area contributed by atoms with Crippen LogP contribution in [0.4, 0.5) is 68.2 Å². The van der Waals surface area contributed by atoms with Crippen LogP contribution in [0.25, 0.3) is 0 Å². The highest BCUT2D eigenvalue weighted by Crippen LogP contribution is 2.32. The summed E-state index contributed by atoms with van der Waals surface area (Å²) in [5, 5.41) is 52.2. The number of aryl methyl sites for hydroxylation is 2. The quantitative estimate of drug-likeness (QED) is 0.0115. The van der Waals surface area contributed by atoms with Gasteiger partial charge in [0.05, 0.1) is 114 Å². The van der Waals surface area contributed by atoms with Crippen LogP contribution in [0.15, 0.2) is 281 Å². The Bertz CT molecular complexity index is 4080. The minimum atomic E-state index is -0.416. The number of carbonyl (C=O) groups excluding carboxylic acids is 3. The summed E-state index contributed by atoms with van der Waals surface area (Å²) in [5.41, 5.74) is 10.4. The molecule has 100 heavy (non-hydrogen) atoms. The van der Waals surface area contributed by atoms with Crippen LogP contribution in [0.3, 0.4) is 0 Å². The molecule has 8 aromatic rings. The van der Waals surface area contributed by atoms with Gasteiger partial charge in [0.1, 0.15) is 23.0 Å². The van der Waals surface area contributed by atoms with Crippen LogP contribution in [0.1, 0.15) is 105 Å². The highest BCUT2D eigenvalue weighted by atomic mass is 16.5. The smallest absolute Gasteiger partial charge is 0.330 e. The van der Waals surface area contributed by atoms with Gasteiger partial charge in [-0.25, -0.2) is 14.4 Å². The predicted octanol–water partition coefficient (Wildman–Crippen LogP) is 25.0. The lowest BCUT2D eigenvalue weighted by Crippen LogP contribution is -2.04. The molecule has 22 heteroatoms. The van der Waals surface area contributed by atoms with Gasteiger partial charge in [-0.05, 0) is 252 Å². The molecule has 22 nitrogen and oxygen atoms in total. The van der Waals surface area contributed by atoms with Gasteiger partial charge in [0.15, 0.2) is 0 Å². The summed E-state index contributed by atoms with van der Waals surface area (Å²) in [6.07, 6.45) is 14.0. The van der Waals surface area contributed by atoms with Gasteiger partial charge in [-0.3, -0.25) is 0 Å². The van der Waals surface area contributed by atoms with Crippen LogP contribution in [0.2, 0.25) is 0 Å². The molecule has 0 atom stereocenters. The average Bonchev–Trinajstić information content (AvgIpc) is 0.864. The monoisotopic (exact) mass is 1370 g/mol. The van der Waals surface area contributed by atoms with Gasteiger partial charge in [-0.1, -0.05) is 52.3 Å². The number of unbranched alkanes of at least 4 members (excludes halogenated alkanes) is 7. The summed E-state index contributed by atoms with van der Waals surface area (Å²) in [4.78, 5) is 33.1. The van der Waals surface area contributed by atoms with E-state index in [-0.39, 0.29) is 1.43 Å². The van der Waals surface area contributed by atoms with Gasteiger partial charge in [-0.2, -0.15) is 61.4 Å². The number of hydrogen-bond acceptors (Lipinski definition) is 22. The standard InChI is InChI=1S/C39H40N6O6.C39H44N6O4.6H2/c1-4-38(46)50-26-8-6-24-48-35-19-14-32(15-20-35)41-40-30-10-12-31(13-11-30)43-45-37-23-18-34(28-29(37)3)44-42-33-16-21-36(22-17-33)49-25-7-9-27-51-39(47)5-2;1-4-6-7-8-9-26-47-36-21-16-33(17-22-36)41-40-31-12-14-32(15-13-31)43-45-38-25-20-35(29-30(38)3)44-42-34-18-23-37(24-19-34)48-27-10-11-28-49-39(46)5-2;;;;;;/h4-5,10-23,28H,1-2,6-9,24-27H2,3H3;5,12-25,29H,2,4,6-11,26-28H2,1,3H3;6*1H/i;;5*1+1D;1+1. The number of esters is 3. The van der Waals surface area contributed by atoms with Crippen molar-refractivity contribution in [3.63, 3.8) is 0 Å². The molecule has 0 N–H and O–H groups in total. The summed E-state index contributed by atoms with van der Waals surface area (Å²) in [7, 11) is 0. The first-order valence-electron chi connectivity index (χ1n) is 38.1. The molecule has 0 heterocycles. The summed E-state index contributed by atoms with van der Waals surface area (Å²) >= 11 is 0. The van der Waals surface area contributed by atoms with E-state index in [0.717, 1.165) is 114 Å². The Morgan fingerprint density at radius 1 is 0.300 bits per heavy atom. The number of nitrogens with zero attached hydrogens (tertiary/aromatic N) is 12. The largest absolute Gasteiger partial charge is 0.494 e. The highest BCUT2D eigenvalue weighted by Gasteiger charge is 2.06. The lowest BCUT2D eigenvalue weighted by Gasteiger charge is -2.06. The molecule has 0 aliphatic heterocycles. The van der Waals surface area contributed by atoms with E-state index in [1.165, 1.54) is 25.7 Å². The van der Waals surface area contributed by atoms with Gasteiger partial charge in [-0.15, -0.1) is 0 Å². The second-order valence-corrected chi connectivity index (χ2v) is 22.2. The van der Waals surface area contributed by atoms with E-state index >= 15 is 0 Å². The van der Waals surface area contributed by atoms with Gasteiger partial charge < -0.3 is 33.2 Å². The number of rotatable bonds is 40. The molecule has 8 rings (SSSR count). The third kappa shape index (κ3) is 29.7. The molecule has 0 aliphatic carbocycles. The number of ether oxygens (including phenoxy) is 7. The van der Waals surface area contributed by atoms with Gasteiger partial charge in [0.2, 0.25) is 0 Å². The molecule has 0 saturated heterocycles. The molecule has 0 unspecified atom stereocenters. The summed E-state index contributed by atoms with van der Waals surface area (Å²) in [5.74, 6) is 1.80. The van der Waals surface area contributed by atoms with Crippen LogP contribution in [0, 0.1) is 13.8 Å². The number of azo groups is 6. The zero-order chi connectivity index (χ0) is 80.6. The van der Waals surface area contributed by atoms with Crippen molar-refractivity contribution in [3.05, 3.63) is 231 Å². The van der Waals surface area contributed by atoms with E-state index in [1.807, 2.05) is 196 Å². The Hall–Kier alpha value is -11.8. The fraction of sp³-hybridized carbons (Fsp3) is 0.269. The Morgan fingerprint density at radius 2 is 0.510 bits per heavy atom. The maximum absolute atomic E-state index is 11.0. The summed E-state index contributed by atoms with van der Waals surface area (Å²) in [6.45, 7) is 19.6. The molecule has 0 bridgehead atoms. The van der Waals surface area contributed by atoms with E-state index in [4.69, 9.17) is 48.0 Å². The van der Waals surface area contributed by atoms with Crippen LogP contribution in [-0.4, -0.2) is 64.2 Å². The predicted molar refractivity (Wildman–Crippen MR) is 401 cm³/mol. The first-order valence-corrected chi connectivity index (χ1v) is 33.1. The fourth-order valence-electron chi connectivity index (χ4n) is 8.69. The van der Waals surface area contributed by atoms with Crippen molar-refractivity contribution in [2.75, 3.05) is 46.2 Å². The molecule has 0 aromatic heterocycles. The van der Waals surface area contributed by atoms with E-state index in [0.29, 0.717) is 98.0 Å². The number of hydrogen-bond donors (Lipinski definition) is 0. The lowest BCUT2D eigenvalue weighted by molar-refractivity contribution is -0.138. The molecule has 0 saturated carbocycles. The SMILES string of the molecule is C=CC(=O)OCCCCOc1ccc(N=Nc2ccc(N=Nc3ccc(N=Nc4ccc(OCCCCCCC)cc4)cc3)c(C)c2)cc1.C=CC(=O)OCCCCOc1ccc(N=Nc2ccc(N=Nc3ccc(N=Nc4ccc(OCCCCOC(=O)C=C)cc4)cc3C)cc2)cc1.[2HH].[2H][2H].[2H][2H].[2H][2H].[2H][2H].[2H][2H]. The Balaban J connectivity index is 0.000000990. The average molecular weight is 1370 g/mol. The van der Waals surface area contributed by atoms with E-state index in [9.17, 15) is 14.4 Å². The molecule has 0 fully saturated rings. The first kappa shape index (κ1) is 68.1. The van der Waals surface area contributed by atoms with Gasteiger partial charge in [0, 0.05) is 34.5 Å². The van der Waals surface area contributed by atoms with Crippen molar-refractivity contribution in [3.8, 4) is 23.0 Å². The topological polar surface area (TPSA) is 264 Å². The molecule has 8 aromatic carbocycles.